The van der Waals surface area contributed by atoms with Gasteiger partial charge in [-0.3, -0.25) is 0 Å². The molecule has 0 amide bonds. The van der Waals surface area contributed by atoms with E-state index in [0.29, 0.717) is 12.2 Å². The van der Waals surface area contributed by atoms with Crippen LogP contribution >= 0.6 is 0 Å². The smallest absolute Gasteiger partial charge is 0.242 e. The average Bonchev–Trinajstić information content (AvgIpc) is 2.35. The molecular formula is C11H19N3O4S2. The zero-order chi connectivity index (χ0) is 15.2. The van der Waals surface area contributed by atoms with E-state index in [0.717, 1.165) is 6.26 Å². The summed E-state index contributed by atoms with van der Waals surface area (Å²) in [6, 6.07) is 6.53. The Labute approximate surface area is 119 Å². The zero-order valence-corrected chi connectivity index (χ0v) is 13.0. The zero-order valence-electron chi connectivity index (χ0n) is 11.4. The van der Waals surface area contributed by atoms with E-state index in [9.17, 15) is 16.8 Å². The van der Waals surface area contributed by atoms with Crippen molar-refractivity contribution in [3.63, 3.8) is 0 Å². The van der Waals surface area contributed by atoms with Gasteiger partial charge in [-0.05, 0) is 19.1 Å². The fourth-order valence-corrected chi connectivity index (χ4v) is 3.22. The molecule has 1 rings (SSSR count). The van der Waals surface area contributed by atoms with E-state index < -0.39 is 20.0 Å². The maximum atomic E-state index is 12.1. The minimum Gasteiger partial charge on any atom is -0.384 e. The van der Waals surface area contributed by atoms with Crippen molar-refractivity contribution in [2.45, 2.75) is 11.8 Å². The molecule has 1 aromatic rings. The Kier molecular flexibility index (Phi) is 5.93. The monoisotopic (exact) mass is 321 g/mol. The number of rotatable bonds is 8. The van der Waals surface area contributed by atoms with E-state index >= 15 is 0 Å². The lowest BCUT2D eigenvalue weighted by atomic mass is 10.3. The highest BCUT2D eigenvalue weighted by Crippen LogP contribution is 2.19. The Balaban J connectivity index is 2.74. The van der Waals surface area contributed by atoms with Crippen molar-refractivity contribution in [1.29, 1.82) is 0 Å². The molecule has 0 unspecified atom stereocenters. The molecule has 3 N–H and O–H groups in total. The van der Waals surface area contributed by atoms with E-state index in [4.69, 9.17) is 0 Å². The molecule has 0 saturated heterocycles. The molecule has 0 aromatic heterocycles. The number of anilines is 1. The van der Waals surface area contributed by atoms with Crippen LogP contribution in [0.2, 0.25) is 0 Å². The summed E-state index contributed by atoms with van der Waals surface area (Å²) >= 11 is 0. The van der Waals surface area contributed by atoms with Crippen LogP contribution in [0.25, 0.3) is 0 Å². The van der Waals surface area contributed by atoms with Gasteiger partial charge in [0.2, 0.25) is 20.0 Å². The highest BCUT2D eigenvalue weighted by Gasteiger charge is 2.17. The number of benzene rings is 1. The molecule has 0 bridgehead atoms. The highest BCUT2D eigenvalue weighted by molar-refractivity contribution is 7.89. The van der Waals surface area contributed by atoms with Crippen LogP contribution in [0, 0.1) is 0 Å². The standard InChI is InChI=1S/C11H19N3O4S2/c1-3-12-10-6-4-5-7-11(10)20(17,18)14-9-8-13-19(2,15)16/h4-7,12-14H,3,8-9H2,1-2H3. The molecule has 20 heavy (non-hydrogen) atoms. The number of para-hydroxylation sites is 1. The van der Waals surface area contributed by atoms with E-state index in [1.165, 1.54) is 6.07 Å². The predicted molar refractivity (Wildman–Crippen MR) is 78.6 cm³/mol. The average molecular weight is 321 g/mol. The normalized spacial score (nSPS) is 12.3. The van der Waals surface area contributed by atoms with Crippen molar-refractivity contribution in [2.75, 3.05) is 31.2 Å². The van der Waals surface area contributed by atoms with Crippen LogP contribution in [0.3, 0.4) is 0 Å². The summed E-state index contributed by atoms with van der Waals surface area (Å²) in [6.45, 7) is 2.45. The van der Waals surface area contributed by atoms with Gasteiger partial charge >= 0.3 is 0 Å². The van der Waals surface area contributed by atoms with Gasteiger partial charge in [0.15, 0.2) is 0 Å². The third kappa shape index (κ3) is 5.45. The van der Waals surface area contributed by atoms with E-state index in [1.54, 1.807) is 18.2 Å². The van der Waals surface area contributed by atoms with Crippen molar-refractivity contribution in [3.8, 4) is 0 Å². The van der Waals surface area contributed by atoms with Gasteiger partial charge in [-0.2, -0.15) is 0 Å². The lowest BCUT2D eigenvalue weighted by Crippen LogP contribution is -2.34. The Morgan fingerprint density at radius 1 is 1.00 bits per heavy atom. The largest absolute Gasteiger partial charge is 0.384 e. The molecule has 0 aliphatic carbocycles. The summed E-state index contributed by atoms with van der Waals surface area (Å²) in [5.41, 5.74) is 0.513. The second-order valence-electron chi connectivity index (χ2n) is 4.09. The van der Waals surface area contributed by atoms with Gasteiger partial charge in [-0.1, -0.05) is 12.1 Å². The minimum atomic E-state index is -3.68. The summed E-state index contributed by atoms with van der Waals surface area (Å²) in [4.78, 5) is 0.140. The number of sulfonamides is 2. The van der Waals surface area contributed by atoms with Gasteiger partial charge in [0.05, 0.1) is 11.9 Å². The van der Waals surface area contributed by atoms with Crippen LogP contribution < -0.4 is 14.8 Å². The molecule has 0 atom stereocenters. The van der Waals surface area contributed by atoms with Crippen molar-refractivity contribution >= 4 is 25.7 Å². The quantitative estimate of drug-likeness (QED) is 0.582. The third-order valence-electron chi connectivity index (χ3n) is 2.33. The maximum absolute atomic E-state index is 12.1. The lowest BCUT2D eigenvalue weighted by molar-refractivity contribution is 0.573. The molecule has 0 saturated carbocycles. The molecule has 1 aromatic carbocycles. The summed E-state index contributed by atoms with van der Waals surface area (Å²) in [6.07, 6.45) is 1.02. The first-order chi connectivity index (χ1) is 9.26. The fraction of sp³-hybridized carbons (Fsp3) is 0.455. The van der Waals surface area contributed by atoms with Crippen LogP contribution in [0.1, 0.15) is 6.92 Å². The molecule has 7 nitrogen and oxygen atoms in total. The molecule has 0 aliphatic rings. The van der Waals surface area contributed by atoms with Gasteiger partial charge in [0.25, 0.3) is 0 Å². The Morgan fingerprint density at radius 3 is 2.20 bits per heavy atom. The van der Waals surface area contributed by atoms with Crippen LogP contribution in [0.15, 0.2) is 29.2 Å². The molecule has 0 aliphatic heterocycles. The molecule has 0 spiro atoms. The number of nitrogens with one attached hydrogen (secondary N) is 3. The maximum Gasteiger partial charge on any atom is 0.242 e. The number of hydrogen-bond donors (Lipinski definition) is 3. The first kappa shape index (κ1) is 16.9. The summed E-state index contributed by atoms with van der Waals surface area (Å²) in [7, 11) is -7.00. The minimum absolute atomic E-state index is 0.00143. The molecule has 0 heterocycles. The fourth-order valence-electron chi connectivity index (χ4n) is 1.54. The van der Waals surface area contributed by atoms with Crippen molar-refractivity contribution in [3.05, 3.63) is 24.3 Å². The topological polar surface area (TPSA) is 104 Å². The van der Waals surface area contributed by atoms with Gasteiger partial charge in [0.1, 0.15) is 4.90 Å². The highest BCUT2D eigenvalue weighted by atomic mass is 32.2. The van der Waals surface area contributed by atoms with Gasteiger partial charge < -0.3 is 5.32 Å². The lowest BCUT2D eigenvalue weighted by Gasteiger charge is -2.12. The molecule has 0 fully saturated rings. The summed E-state index contributed by atoms with van der Waals surface area (Å²) < 4.78 is 50.5. The van der Waals surface area contributed by atoms with E-state index in [-0.39, 0.29) is 18.0 Å². The van der Waals surface area contributed by atoms with Gasteiger partial charge in [-0.25, -0.2) is 26.3 Å². The first-order valence-electron chi connectivity index (χ1n) is 6.03. The van der Waals surface area contributed by atoms with E-state index in [2.05, 4.69) is 14.8 Å². The third-order valence-corrected chi connectivity index (χ3v) is 4.57. The van der Waals surface area contributed by atoms with Gasteiger partial charge in [-0.15, -0.1) is 0 Å². The van der Waals surface area contributed by atoms with Crippen LogP contribution in [0.4, 0.5) is 5.69 Å². The Morgan fingerprint density at radius 2 is 1.60 bits per heavy atom. The molecule has 9 heteroatoms. The Hall–Kier alpha value is -1.16. The van der Waals surface area contributed by atoms with Crippen molar-refractivity contribution in [1.82, 2.24) is 9.44 Å². The second kappa shape index (κ2) is 7.02. The predicted octanol–water partition coefficient (Wildman–Crippen LogP) is -0.0541. The van der Waals surface area contributed by atoms with Crippen LogP contribution in [-0.4, -0.2) is 42.7 Å². The SMILES string of the molecule is CCNc1ccccc1S(=O)(=O)NCCNS(C)(=O)=O. The summed E-state index contributed by atoms with van der Waals surface area (Å²) in [5, 5.41) is 2.97. The van der Waals surface area contributed by atoms with E-state index in [1.807, 2.05) is 6.92 Å². The molecular weight excluding hydrogens is 302 g/mol. The van der Waals surface area contributed by atoms with Crippen molar-refractivity contribution in [2.24, 2.45) is 0 Å². The molecule has 0 radical (unpaired) electrons. The summed E-state index contributed by atoms with van der Waals surface area (Å²) in [5.74, 6) is 0. The Bertz CT molecular complexity index is 641. The van der Waals surface area contributed by atoms with Crippen LogP contribution in [0.5, 0.6) is 0 Å². The van der Waals surface area contributed by atoms with Crippen LogP contribution in [-0.2, 0) is 20.0 Å². The first-order valence-corrected chi connectivity index (χ1v) is 9.41. The second-order valence-corrected chi connectivity index (χ2v) is 7.66. The van der Waals surface area contributed by atoms with Gasteiger partial charge in [0, 0.05) is 19.6 Å². The number of hydrogen-bond acceptors (Lipinski definition) is 5. The molecule has 114 valence electrons. The van der Waals surface area contributed by atoms with Crippen molar-refractivity contribution < 1.29 is 16.8 Å².